The Hall–Kier alpha value is -1.59. The van der Waals surface area contributed by atoms with Crippen LogP contribution in [-0.2, 0) is 0 Å². The minimum absolute atomic E-state index is 0.167. The van der Waals surface area contributed by atoms with Gasteiger partial charge in [0.2, 0.25) is 0 Å². The van der Waals surface area contributed by atoms with E-state index in [9.17, 15) is 4.79 Å². The number of aryl methyl sites for hydroxylation is 1. The minimum Gasteiger partial charge on any atom is -0.334 e. The summed E-state index contributed by atoms with van der Waals surface area (Å²) >= 11 is 0. The Morgan fingerprint density at radius 3 is 2.19 bits per heavy atom. The molecule has 1 saturated carbocycles. The quantitative estimate of drug-likeness (QED) is 0.783. The number of nitrogens with zero attached hydrogens (tertiary/aromatic N) is 3. The van der Waals surface area contributed by atoms with Gasteiger partial charge in [0, 0.05) is 57.4 Å². The molecule has 1 aromatic carbocycles. The van der Waals surface area contributed by atoms with Crippen LogP contribution in [0.25, 0.3) is 0 Å². The lowest BCUT2D eigenvalue weighted by Crippen LogP contribution is -2.60. The second-order valence-corrected chi connectivity index (χ2v) is 10.2. The van der Waals surface area contributed by atoms with Gasteiger partial charge in [-0.2, -0.15) is 0 Å². The fraction of sp³-hybridized carbons (Fsp3) is 0.731. The van der Waals surface area contributed by atoms with Crippen LogP contribution in [0.2, 0.25) is 0 Å². The first-order valence-corrected chi connectivity index (χ1v) is 12.6. The molecule has 1 aliphatic carbocycles. The number of hydrogen-bond acceptors (Lipinski definition) is 3. The molecule has 172 valence electrons. The Morgan fingerprint density at radius 2 is 1.55 bits per heavy atom. The summed E-state index contributed by atoms with van der Waals surface area (Å²) < 4.78 is 0. The number of nitrogens with one attached hydrogen (secondary N) is 1. The molecule has 4 rings (SSSR count). The van der Waals surface area contributed by atoms with Crippen molar-refractivity contribution in [2.75, 3.05) is 39.3 Å². The van der Waals surface area contributed by atoms with Crippen LogP contribution in [0, 0.1) is 6.92 Å². The number of carbonyl (C=O) groups is 1. The lowest BCUT2D eigenvalue weighted by atomic mass is 9.88. The molecule has 5 heteroatoms. The molecular formula is C26H42N4O. The van der Waals surface area contributed by atoms with Crippen molar-refractivity contribution in [1.82, 2.24) is 20.0 Å². The van der Waals surface area contributed by atoms with E-state index in [0.717, 1.165) is 58.5 Å². The predicted octanol–water partition coefficient (Wildman–Crippen LogP) is 4.22. The molecule has 2 heterocycles. The summed E-state index contributed by atoms with van der Waals surface area (Å²) in [6.45, 7) is 13.0. The van der Waals surface area contributed by atoms with Crippen molar-refractivity contribution in [1.29, 1.82) is 0 Å². The van der Waals surface area contributed by atoms with E-state index in [0.29, 0.717) is 24.0 Å². The first kappa shape index (κ1) is 22.6. The van der Waals surface area contributed by atoms with Gasteiger partial charge in [0.15, 0.2) is 0 Å². The van der Waals surface area contributed by atoms with E-state index in [1.807, 2.05) is 0 Å². The van der Waals surface area contributed by atoms with Gasteiger partial charge >= 0.3 is 6.03 Å². The number of piperidine rings is 1. The van der Waals surface area contributed by atoms with E-state index in [1.165, 1.54) is 30.4 Å². The molecule has 0 aromatic heterocycles. The lowest BCUT2D eigenvalue weighted by Gasteiger charge is -2.45. The number of hydrogen-bond donors (Lipinski definition) is 1. The highest BCUT2D eigenvalue weighted by atomic mass is 16.2. The molecule has 3 aliphatic rings. The average molecular weight is 427 g/mol. The molecule has 3 fully saturated rings. The Bertz CT molecular complexity index is 703. The van der Waals surface area contributed by atoms with Crippen molar-refractivity contribution in [2.45, 2.75) is 83.3 Å². The zero-order valence-corrected chi connectivity index (χ0v) is 19.9. The SMILES string of the molecule is Cc1ccc(C2CCN(C(=O)N[C@H]3CCCC[C@@H]3N3CCN(C(C)C)CC3)CC2)cc1. The van der Waals surface area contributed by atoms with Gasteiger partial charge in [-0.25, -0.2) is 4.79 Å². The normalized spacial score (nSPS) is 26.9. The monoisotopic (exact) mass is 426 g/mol. The van der Waals surface area contributed by atoms with Crippen LogP contribution < -0.4 is 5.32 Å². The van der Waals surface area contributed by atoms with Crippen molar-refractivity contribution in [2.24, 2.45) is 0 Å². The molecular weight excluding hydrogens is 384 g/mol. The number of carbonyl (C=O) groups excluding carboxylic acids is 1. The minimum atomic E-state index is 0.167. The van der Waals surface area contributed by atoms with Crippen molar-refractivity contribution >= 4 is 6.03 Å². The number of likely N-dealkylation sites (tertiary alicyclic amines) is 1. The molecule has 1 N–H and O–H groups in total. The van der Waals surface area contributed by atoms with Crippen LogP contribution in [0.4, 0.5) is 4.79 Å². The zero-order chi connectivity index (χ0) is 21.8. The predicted molar refractivity (Wildman–Crippen MR) is 128 cm³/mol. The summed E-state index contributed by atoms with van der Waals surface area (Å²) in [6, 6.07) is 10.6. The highest BCUT2D eigenvalue weighted by Crippen LogP contribution is 2.29. The fourth-order valence-electron chi connectivity index (χ4n) is 5.81. The maximum Gasteiger partial charge on any atom is 0.317 e. The lowest BCUT2D eigenvalue weighted by molar-refractivity contribution is 0.0498. The molecule has 1 aromatic rings. The summed E-state index contributed by atoms with van der Waals surface area (Å²) in [4.78, 5) is 20.4. The second kappa shape index (κ2) is 10.4. The van der Waals surface area contributed by atoms with Crippen LogP contribution in [0.3, 0.4) is 0 Å². The maximum atomic E-state index is 13.1. The summed E-state index contributed by atoms with van der Waals surface area (Å²) in [7, 11) is 0. The second-order valence-electron chi connectivity index (χ2n) is 10.2. The summed E-state index contributed by atoms with van der Waals surface area (Å²) in [5.41, 5.74) is 2.74. The number of benzene rings is 1. The average Bonchev–Trinajstić information content (AvgIpc) is 2.80. The smallest absolute Gasteiger partial charge is 0.317 e. The van der Waals surface area contributed by atoms with Crippen molar-refractivity contribution in [3.05, 3.63) is 35.4 Å². The molecule has 0 radical (unpaired) electrons. The summed E-state index contributed by atoms with van der Waals surface area (Å²) in [6.07, 6.45) is 7.03. The molecule has 5 nitrogen and oxygen atoms in total. The van der Waals surface area contributed by atoms with Gasteiger partial charge in [0.05, 0.1) is 0 Å². The van der Waals surface area contributed by atoms with Gasteiger partial charge in [-0.15, -0.1) is 0 Å². The number of rotatable bonds is 4. The Labute approximate surface area is 189 Å². The first-order valence-electron chi connectivity index (χ1n) is 12.6. The van der Waals surface area contributed by atoms with Crippen molar-refractivity contribution in [3.63, 3.8) is 0 Å². The van der Waals surface area contributed by atoms with Gasteiger partial charge < -0.3 is 10.2 Å². The van der Waals surface area contributed by atoms with Crippen LogP contribution in [-0.4, -0.2) is 78.1 Å². The van der Waals surface area contributed by atoms with E-state index in [2.05, 4.69) is 65.1 Å². The molecule has 0 bridgehead atoms. The van der Waals surface area contributed by atoms with Crippen LogP contribution in [0.15, 0.2) is 24.3 Å². The number of urea groups is 1. The highest BCUT2D eigenvalue weighted by Gasteiger charge is 2.34. The zero-order valence-electron chi connectivity index (χ0n) is 19.9. The molecule has 0 spiro atoms. The number of piperazine rings is 1. The molecule has 31 heavy (non-hydrogen) atoms. The van der Waals surface area contributed by atoms with E-state index in [4.69, 9.17) is 0 Å². The molecule has 0 unspecified atom stereocenters. The fourth-order valence-corrected chi connectivity index (χ4v) is 5.81. The van der Waals surface area contributed by atoms with Gasteiger partial charge in [-0.05, 0) is 57.9 Å². The third kappa shape index (κ3) is 5.61. The van der Waals surface area contributed by atoms with Crippen LogP contribution >= 0.6 is 0 Å². The van der Waals surface area contributed by atoms with E-state index in [-0.39, 0.29) is 6.03 Å². The van der Waals surface area contributed by atoms with E-state index in [1.54, 1.807) is 0 Å². The van der Waals surface area contributed by atoms with Crippen LogP contribution in [0.1, 0.15) is 69.4 Å². The standard InChI is InChI=1S/C26H42N4O/c1-20(2)28-16-18-29(19-17-28)25-7-5-4-6-24(25)27-26(31)30-14-12-23(13-15-30)22-10-8-21(3)9-11-22/h8-11,20,23-25H,4-7,12-19H2,1-3H3,(H,27,31)/t24-,25-/m0/s1. The Kier molecular flexibility index (Phi) is 7.55. The van der Waals surface area contributed by atoms with Gasteiger partial charge in [-0.3, -0.25) is 9.80 Å². The van der Waals surface area contributed by atoms with Gasteiger partial charge in [-0.1, -0.05) is 42.7 Å². The van der Waals surface area contributed by atoms with Gasteiger partial charge in [0.1, 0.15) is 0 Å². The van der Waals surface area contributed by atoms with Crippen molar-refractivity contribution < 1.29 is 4.79 Å². The third-order valence-corrected chi connectivity index (χ3v) is 7.92. The highest BCUT2D eigenvalue weighted by molar-refractivity contribution is 5.74. The first-order chi connectivity index (χ1) is 15.0. The Balaban J connectivity index is 1.28. The Morgan fingerprint density at radius 1 is 0.903 bits per heavy atom. The number of amides is 2. The molecule has 2 aliphatic heterocycles. The topological polar surface area (TPSA) is 38.8 Å². The maximum absolute atomic E-state index is 13.1. The van der Waals surface area contributed by atoms with Crippen LogP contribution in [0.5, 0.6) is 0 Å². The van der Waals surface area contributed by atoms with Crippen molar-refractivity contribution in [3.8, 4) is 0 Å². The molecule has 2 saturated heterocycles. The van der Waals surface area contributed by atoms with E-state index >= 15 is 0 Å². The molecule has 2 amide bonds. The summed E-state index contributed by atoms with van der Waals surface area (Å²) in [5, 5.41) is 3.46. The van der Waals surface area contributed by atoms with E-state index < -0.39 is 0 Å². The molecule has 2 atom stereocenters. The summed E-state index contributed by atoms with van der Waals surface area (Å²) in [5.74, 6) is 0.587. The largest absolute Gasteiger partial charge is 0.334 e. The third-order valence-electron chi connectivity index (χ3n) is 7.92. The van der Waals surface area contributed by atoms with Gasteiger partial charge in [0.25, 0.3) is 0 Å².